The minimum atomic E-state index is -1.39. The maximum atomic E-state index is 12.0. The van der Waals surface area contributed by atoms with Gasteiger partial charge in [-0.2, -0.15) is 0 Å². The molecule has 0 aromatic heterocycles. The summed E-state index contributed by atoms with van der Waals surface area (Å²) in [7, 11) is 0. The van der Waals surface area contributed by atoms with E-state index in [1.165, 1.54) is 12.8 Å². The summed E-state index contributed by atoms with van der Waals surface area (Å²) in [5.74, 6) is -2.58. The van der Waals surface area contributed by atoms with Gasteiger partial charge in [-0.25, -0.2) is 9.59 Å². The van der Waals surface area contributed by atoms with Gasteiger partial charge in [0.2, 0.25) is 0 Å². The van der Waals surface area contributed by atoms with Crippen LogP contribution in [0.5, 0.6) is 0 Å². The van der Waals surface area contributed by atoms with E-state index in [0.717, 1.165) is 19.5 Å². The quantitative estimate of drug-likeness (QED) is 0.648. The van der Waals surface area contributed by atoms with E-state index in [1.54, 1.807) is 4.90 Å². The summed E-state index contributed by atoms with van der Waals surface area (Å²) < 4.78 is 0. The fraction of sp³-hybridized carbons (Fsp3) is 0.769. The summed E-state index contributed by atoms with van der Waals surface area (Å²) in [5, 5.41) is 19.9. The molecule has 8 heteroatoms. The zero-order valence-corrected chi connectivity index (χ0v) is 11.8. The molecule has 0 aromatic rings. The number of urea groups is 1. The lowest BCUT2D eigenvalue weighted by molar-refractivity contribution is -0.145. The molecule has 2 saturated heterocycles. The van der Waals surface area contributed by atoms with Gasteiger partial charge in [0.05, 0.1) is 6.42 Å². The standard InChI is InChI=1S/C13H21N3O5/c17-11(18)7-10(12(19)20)14-13(21)16-6-3-9(8-16)15-4-1-2-5-15/h9-10H,1-8H2,(H,14,21)(H,17,18)(H,19,20)/t9?,10-/m1/s1. The molecule has 2 heterocycles. The minimum absolute atomic E-state index is 0.334. The number of hydrogen-bond acceptors (Lipinski definition) is 4. The van der Waals surface area contributed by atoms with Crippen molar-refractivity contribution in [2.45, 2.75) is 37.8 Å². The van der Waals surface area contributed by atoms with Crippen LogP contribution in [-0.2, 0) is 9.59 Å². The monoisotopic (exact) mass is 299 g/mol. The van der Waals surface area contributed by atoms with Gasteiger partial charge in [-0.3, -0.25) is 9.69 Å². The van der Waals surface area contributed by atoms with Crippen LogP contribution >= 0.6 is 0 Å². The highest BCUT2D eigenvalue weighted by Crippen LogP contribution is 2.20. The molecule has 2 aliphatic heterocycles. The molecule has 3 N–H and O–H groups in total. The number of likely N-dealkylation sites (tertiary alicyclic amines) is 2. The van der Waals surface area contributed by atoms with Gasteiger partial charge >= 0.3 is 18.0 Å². The average molecular weight is 299 g/mol. The molecule has 0 spiro atoms. The number of hydrogen-bond donors (Lipinski definition) is 3. The van der Waals surface area contributed by atoms with Gasteiger partial charge in [-0.1, -0.05) is 0 Å². The largest absolute Gasteiger partial charge is 0.481 e. The Morgan fingerprint density at radius 1 is 1.14 bits per heavy atom. The molecule has 2 atom stereocenters. The highest BCUT2D eigenvalue weighted by Gasteiger charge is 2.33. The van der Waals surface area contributed by atoms with E-state index in [-0.39, 0.29) is 0 Å². The van der Waals surface area contributed by atoms with Crippen molar-refractivity contribution < 1.29 is 24.6 Å². The van der Waals surface area contributed by atoms with Crippen LogP contribution in [0.15, 0.2) is 0 Å². The highest BCUT2D eigenvalue weighted by molar-refractivity contribution is 5.86. The fourth-order valence-corrected chi connectivity index (χ4v) is 2.95. The molecule has 0 saturated carbocycles. The summed E-state index contributed by atoms with van der Waals surface area (Å²) in [6.45, 7) is 3.26. The third-order valence-electron chi connectivity index (χ3n) is 4.08. The number of carboxylic acids is 2. The van der Waals surface area contributed by atoms with E-state index in [0.29, 0.717) is 19.1 Å². The molecular formula is C13H21N3O5. The molecule has 0 bridgehead atoms. The minimum Gasteiger partial charge on any atom is -0.481 e. The Bertz CT molecular complexity index is 422. The van der Waals surface area contributed by atoms with Crippen LogP contribution < -0.4 is 5.32 Å². The second-order valence-corrected chi connectivity index (χ2v) is 5.57. The Morgan fingerprint density at radius 3 is 2.38 bits per heavy atom. The third kappa shape index (κ3) is 4.07. The third-order valence-corrected chi connectivity index (χ3v) is 4.08. The average Bonchev–Trinajstić information content (AvgIpc) is 3.08. The number of nitrogens with one attached hydrogen (secondary N) is 1. The molecule has 0 radical (unpaired) electrons. The molecule has 1 unspecified atom stereocenters. The Hall–Kier alpha value is -1.83. The summed E-state index contributed by atoms with van der Waals surface area (Å²) >= 11 is 0. The maximum absolute atomic E-state index is 12.0. The Kier molecular flexibility index (Phi) is 5.00. The van der Waals surface area contributed by atoms with Crippen molar-refractivity contribution in [3.05, 3.63) is 0 Å². The van der Waals surface area contributed by atoms with Gasteiger partial charge in [0.25, 0.3) is 0 Å². The first-order chi connectivity index (χ1) is 9.97. The van der Waals surface area contributed by atoms with E-state index in [2.05, 4.69) is 10.2 Å². The number of carbonyl (C=O) groups is 3. The summed E-state index contributed by atoms with van der Waals surface area (Å²) in [6, 6.07) is -1.55. The Labute approximate surface area is 122 Å². The van der Waals surface area contributed by atoms with Crippen molar-refractivity contribution >= 4 is 18.0 Å². The second kappa shape index (κ2) is 6.75. The van der Waals surface area contributed by atoms with Crippen LogP contribution in [0.4, 0.5) is 4.79 Å². The molecule has 8 nitrogen and oxygen atoms in total. The van der Waals surface area contributed by atoms with E-state index in [1.807, 2.05) is 0 Å². The number of nitrogens with zero attached hydrogens (tertiary/aromatic N) is 2. The zero-order chi connectivity index (χ0) is 15.4. The smallest absolute Gasteiger partial charge is 0.326 e. The summed E-state index contributed by atoms with van der Waals surface area (Å²) in [6.07, 6.45) is 2.62. The number of aliphatic carboxylic acids is 2. The van der Waals surface area contributed by atoms with E-state index >= 15 is 0 Å². The van der Waals surface area contributed by atoms with Crippen LogP contribution in [0.2, 0.25) is 0 Å². The van der Waals surface area contributed by atoms with E-state index < -0.39 is 30.4 Å². The van der Waals surface area contributed by atoms with Crippen LogP contribution in [0.25, 0.3) is 0 Å². The van der Waals surface area contributed by atoms with Crippen LogP contribution in [0.3, 0.4) is 0 Å². The lowest BCUT2D eigenvalue weighted by Gasteiger charge is -2.24. The molecule has 2 rings (SSSR count). The first-order valence-electron chi connectivity index (χ1n) is 7.21. The van der Waals surface area contributed by atoms with Crippen LogP contribution in [-0.4, -0.2) is 76.2 Å². The predicted molar refractivity (Wildman–Crippen MR) is 73.0 cm³/mol. The van der Waals surface area contributed by atoms with Crippen LogP contribution in [0, 0.1) is 0 Å². The molecule has 2 amide bonds. The summed E-state index contributed by atoms with van der Waals surface area (Å²) in [5.41, 5.74) is 0. The van der Waals surface area contributed by atoms with Gasteiger partial charge in [-0.15, -0.1) is 0 Å². The zero-order valence-electron chi connectivity index (χ0n) is 11.8. The lowest BCUT2D eigenvalue weighted by atomic mass is 10.2. The normalized spacial score (nSPS) is 24.0. The first kappa shape index (κ1) is 15.6. The SMILES string of the molecule is O=C(O)C[C@@H](NC(=O)N1CCC(N2CCCC2)C1)C(=O)O. The van der Waals surface area contributed by atoms with Crippen LogP contribution in [0.1, 0.15) is 25.7 Å². The number of carboxylic acid groups (broad SMARTS) is 2. The van der Waals surface area contributed by atoms with E-state index in [4.69, 9.17) is 10.2 Å². The number of amides is 2. The van der Waals surface area contributed by atoms with Crippen molar-refractivity contribution in [3.8, 4) is 0 Å². The van der Waals surface area contributed by atoms with Crippen molar-refractivity contribution in [2.75, 3.05) is 26.2 Å². The lowest BCUT2D eigenvalue weighted by Crippen LogP contribution is -2.48. The van der Waals surface area contributed by atoms with Crippen molar-refractivity contribution in [1.29, 1.82) is 0 Å². The number of carbonyl (C=O) groups excluding carboxylic acids is 1. The molecular weight excluding hydrogens is 278 g/mol. The molecule has 2 aliphatic rings. The van der Waals surface area contributed by atoms with Gasteiger partial charge in [0, 0.05) is 19.1 Å². The predicted octanol–water partition coefficient (Wildman–Crippen LogP) is -0.206. The van der Waals surface area contributed by atoms with Crippen molar-refractivity contribution in [3.63, 3.8) is 0 Å². The van der Waals surface area contributed by atoms with Gasteiger partial charge in [-0.05, 0) is 32.4 Å². The molecule has 0 aromatic carbocycles. The number of rotatable bonds is 5. The molecule has 2 fully saturated rings. The second-order valence-electron chi connectivity index (χ2n) is 5.57. The van der Waals surface area contributed by atoms with Gasteiger partial charge in [0.15, 0.2) is 0 Å². The Morgan fingerprint density at radius 2 is 1.81 bits per heavy atom. The van der Waals surface area contributed by atoms with Gasteiger partial charge < -0.3 is 20.4 Å². The maximum Gasteiger partial charge on any atom is 0.326 e. The molecule has 118 valence electrons. The topological polar surface area (TPSA) is 110 Å². The first-order valence-corrected chi connectivity index (χ1v) is 7.21. The van der Waals surface area contributed by atoms with Gasteiger partial charge in [0.1, 0.15) is 6.04 Å². The summed E-state index contributed by atoms with van der Waals surface area (Å²) in [4.78, 5) is 37.5. The molecule has 0 aliphatic carbocycles. The van der Waals surface area contributed by atoms with Crippen molar-refractivity contribution in [2.24, 2.45) is 0 Å². The van der Waals surface area contributed by atoms with Crippen molar-refractivity contribution in [1.82, 2.24) is 15.1 Å². The van der Waals surface area contributed by atoms with E-state index in [9.17, 15) is 14.4 Å². The Balaban J connectivity index is 1.85. The highest BCUT2D eigenvalue weighted by atomic mass is 16.4. The molecule has 21 heavy (non-hydrogen) atoms. The fourth-order valence-electron chi connectivity index (χ4n) is 2.95.